The summed E-state index contributed by atoms with van der Waals surface area (Å²) in [6.07, 6.45) is 2.39. The number of furan rings is 1. The zero-order valence-corrected chi connectivity index (χ0v) is 29.7. The van der Waals surface area contributed by atoms with E-state index in [0.29, 0.717) is 0 Å². The van der Waals surface area contributed by atoms with Crippen LogP contribution in [0.1, 0.15) is 62.8 Å². The number of fused-ring (bicyclic) bond motifs is 12. The van der Waals surface area contributed by atoms with Gasteiger partial charge in [-0.1, -0.05) is 88.4 Å². The van der Waals surface area contributed by atoms with Gasteiger partial charge in [0.15, 0.2) is 0 Å². The van der Waals surface area contributed by atoms with Crippen molar-refractivity contribution in [2.45, 2.75) is 65.2 Å². The molecule has 11 rings (SSSR count). The normalized spacial score (nSPS) is 16.9. The van der Waals surface area contributed by atoms with Gasteiger partial charge in [0.05, 0.1) is 15.9 Å². The number of aromatic nitrogens is 1. The molecular formula is C44H37BN2OS. The first kappa shape index (κ1) is 28.1. The molecule has 1 aliphatic carbocycles. The SMILES string of the molecule is Cc1cc2c3c(c1)N(c1cc4c(cc1C)C(C)(C)CCC4(C)C)c1c(oc4ccccc14)B3n1c3c-2cccc3c2sc3ccccc3c21. The minimum absolute atomic E-state index is 0.0922. The van der Waals surface area contributed by atoms with Crippen molar-refractivity contribution in [3.05, 3.63) is 113 Å². The number of hydrogen-bond donors (Lipinski definition) is 0. The van der Waals surface area contributed by atoms with Crippen molar-refractivity contribution in [2.75, 3.05) is 4.90 Å². The third kappa shape index (κ3) is 3.44. The van der Waals surface area contributed by atoms with Gasteiger partial charge in [-0.05, 0) is 101 Å². The summed E-state index contributed by atoms with van der Waals surface area (Å²) in [4.78, 5) is 2.58. The lowest BCUT2D eigenvalue weighted by molar-refractivity contribution is 0.332. The molecule has 8 aromatic rings. The number of benzene rings is 5. The van der Waals surface area contributed by atoms with Gasteiger partial charge in [-0.3, -0.25) is 0 Å². The molecule has 5 heteroatoms. The summed E-state index contributed by atoms with van der Waals surface area (Å²) in [5, 5.41) is 3.81. The van der Waals surface area contributed by atoms with Crippen LogP contribution in [0.4, 0.5) is 17.1 Å². The van der Waals surface area contributed by atoms with E-state index in [0.717, 1.165) is 16.6 Å². The summed E-state index contributed by atoms with van der Waals surface area (Å²) >= 11 is 1.92. The second-order valence-corrected chi connectivity index (χ2v) is 17.1. The molecule has 0 amide bonds. The Bertz CT molecular complexity index is 2770. The van der Waals surface area contributed by atoms with E-state index in [2.05, 4.69) is 142 Å². The Balaban J connectivity index is 1.31. The Morgan fingerprint density at radius 3 is 2.22 bits per heavy atom. The molecule has 49 heavy (non-hydrogen) atoms. The third-order valence-electron chi connectivity index (χ3n) is 12.2. The molecule has 0 atom stereocenters. The Kier molecular flexibility index (Phi) is 5.21. The molecule has 0 radical (unpaired) electrons. The van der Waals surface area contributed by atoms with Gasteiger partial charge >= 0.3 is 6.85 Å². The van der Waals surface area contributed by atoms with Crippen LogP contribution in [-0.2, 0) is 10.8 Å². The summed E-state index contributed by atoms with van der Waals surface area (Å²) in [5.41, 5.74) is 18.1. The molecule has 2 aliphatic heterocycles. The van der Waals surface area contributed by atoms with Crippen LogP contribution < -0.4 is 16.0 Å². The van der Waals surface area contributed by atoms with Gasteiger partial charge in [0, 0.05) is 43.3 Å². The van der Waals surface area contributed by atoms with Crippen LogP contribution in [0.25, 0.3) is 53.3 Å². The van der Waals surface area contributed by atoms with Gasteiger partial charge in [-0.15, -0.1) is 11.3 Å². The Morgan fingerprint density at radius 1 is 0.694 bits per heavy atom. The molecule has 3 aromatic heterocycles. The van der Waals surface area contributed by atoms with E-state index in [1.54, 1.807) is 0 Å². The van der Waals surface area contributed by atoms with E-state index in [9.17, 15) is 0 Å². The highest BCUT2D eigenvalue weighted by Crippen LogP contribution is 2.53. The van der Waals surface area contributed by atoms with E-state index < -0.39 is 0 Å². The van der Waals surface area contributed by atoms with Crippen LogP contribution in [0.15, 0.2) is 95.4 Å². The summed E-state index contributed by atoms with van der Waals surface area (Å²) in [7, 11) is 0. The molecule has 0 N–H and O–H groups in total. The summed E-state index contributed by atoms with van der Waals surface area (Å²) in [5.74, 6) is 0. The van der Waals surface area contributed by atoms with Gasteiger partial charge in [-0.2, -0.15) is 0 Å². The molecule has 0 unspecified atom stereocenters. The minimum atomic E-state index is -0.0922. The Morgan fingerprint density at radius 2 is 1.41 bits per heavy atom. The van der Waals surface area contributed by atoms with Gasteiger partial charge in [0.25, 0.3) is 0 Å². The van der Waals surface area contributed by atoms with Crippen molar-refractivity contribution in [3.8, 4) is 11.1 Å². The number of thiophene rings is 1. The number of aryl methyl sites for hydroxylation is 2. The lowest BCUT2D eigenvalue weighted by Gasteiger charge is -2.44. The zero-order chi connectivity index (χ0) is 33.1. The fourth-order valence-electron chi connectivity index (χ4n) is 9.67. The van der Waals surface area contributed by atoms with E-state index in [4.69, 9.17) is 4.42 Å². The first-order valence-electron chi connectivity index (χ1n) is 17.7. The fourth-order valence-corrected chi connectivity index (χ4v) is 10.9. The average Bonchev–Trinajstić information content (AvgIpc) is 3.75. The molecule has 0 saturated heterocycles. The monoisotopic (exact) mass is 652 g/mol. The molecule has 0 saturated carbocycles. The van der Waals surface area contributed by atoms with Crippen LogP contribution in [0.2, 0.25) is 0 Å². The highest BCUT2D eigenvalue weighted by atomic mass is 32.1. The highest BCUT2D eigenvalue weighted by Gasteiger charge is 2.47. The smallest absolute Gasteiger partial charge is 0.376 e. The maximum absolute atomic E-state index is 7.14. The maximum Gasteiger partial charge on any atom is 0.376 e. The first-order valence-corrected chi connectivity index (χ1v) is 18.5. The van der Waals surface area contributed by atoms with Gasteiger partial charge in [-0.25, -0.2) is 0 Å². The van der Waals surface area contributed by atoms with Crippen LogP contribution >= 0.6 is 11.3 Å². The van der Waals surface area contributed by atoms with Crippen LogP contribution in [0.3, 0.4) is 0 Å². The molecule has 5 aromatic carbocycles. The molecule has 3 aliphatic rings. The summed E-state index contributed by atoms with van der Waals surface area (Å²) in [6.45, 7) is 14.2. The average molecular weight is 653 g/mol. The number of para-hydroxylation sites is 2. The molecule has 238 valence electrons. The van der Waals surface area contributed by atoms with E-state index >= 15 is 0 Å². The Labute approximate surface area is 290 Å². The second kappa shape index (κ2) is 9.08. The van der Waals surface area contributed by atoms with Crippen molar-refractivity contribution < 1.29 is 4.42 Å². The fraction of sp³-hybridized carbons (Fsp3) is 0.227. The number of rotatable bonds is 1. The summed E-state index contributed by atoms with van der Waals surface area (Å²) in [6, 6.07) is 34.4. The van der Waals surface area contributed by atoms with Crippen LogP contribution in [0, 0.1) is 13.8 Å². The standard InChI is InChI=1S/C44H37BN2OS/c1-24-20-30-26-14-11-15-29-38(26)47(39-28-13-8-10-17-36(28)49-41(29)39)45-37(30)34(21-24)46(40-27-12-7-9-16-35(27)48-42(40)45)33-23-32-31(22-25(33)2)43(3,4)18-19-44(32,5)6/h7-17,20-23H,18-19H2,1-6H3. The summed E-state index contributed by atoms with van der Waals surface area (Å²) < 4.78 is 12.5. The number of nitrogens with zero attached hydrogens (tertiary/aromatic N) is 2. The van der Waals surface area contributed by atoms with Crippen molar-refractivity contribution in [3.63, 3.8) is 0 Å². The third-order valence-corrected chi connectivity index (χ3v) is 13.4. The van der Waals surface area contributed by atoms with Crippen molar-refractivity contribution in [1.29, 1.82) is 0 Å². The topological polar surface area (TPSA) is 21.3 Å². The first-order chi connectivity index (χ1) is 23.6. The Hall–Kier alpha value is -4.74. The van der Waals surface area contributed by atoms with Crippen molar-refractivity contribution in [2.24, 2.45) is 0 Å². The molecular weight excluding hydrogens is 615 g/mol. The second-order valence-electron chi connectivity index (χ2n) is 16.1. The predicted octanol–water partition coefficient (Wildman–Crippen LogP) is 11.1. The lowest BCUT2D eigenvalue weighted by atomic mass is 9.47. The molecule has 5 heterocycles. The largest absolute Gasteiger partial charge is 0.466 e. The molecule has 0 bridgehead atoms. The van der Waals surface area contributed by atoms with Crippen LogP contribution in [-0.4, -0.2) is 11.3 Å². The predicted molar refractivity (Wildman–Crippen MR) is 210 cm³/mol. The van der Waals surface area contributed by atoms with E-state index in [-0.39, 0.29) is 17.7 Å². The number of anilines is 3. The lowest BCUT2D eigenvalue weighted by Crippen LogP contribution is -2.56. The minimum Gasteiger partial charge on any atom is -0.466 e. The zero-order valence-electron chi connectivity index (χ0n) is 28.9. The molecule has 3 nitrogen and oxygen atoms in total. The van der Waals surface area contributed by atoms with Crippen molar-refractivity contribution in [1.82, 2.24) is 4.48 Å². The van der Waals surface area contributed by atoms with E-state index in [1.807, 2.05) is 11.3 Å². The van der Waals surface area contributed by atoms with E-state index in [1.165, 1.54) is 100.0 Å². The maximum atomic E-state index is 7.14. The molecule has 0 spiro atoms. The van der Waals surface area contributed by atoms with Gasteiger partial charge < -0.3 is 13.8 Å². The number of hydrogen-bond acceptors (Lipinski definition) is 3. The van der Waals surface area contributed by atoms with Gasteiger partial charge in [0.1, 0.15) is 11.2 Å². The molecule has 0 fully saturated rings. The van der Waals surface area contributed by atoms with Crippen LogP contribution in [0.5, 0.6) is 0 Å². The highest BCUT2D eigenvalue weighted by molar-refractivity contribution is 7.27. The van der Waals surface area contributed by atoms with Gasteiger partial charge in [0.2, 0.25) is 0 Å². The quantitative estimate of drug-likeness (QED) is 0.165. The van der Waals surface area contributed by atoms with Crippen molar-refractivity contribution >= 4 is 88.5 Å².